The third-order valence-electron chi connectivity index (χ3n) is 7.12. The summed E-state index contributed by atoms with van der Waals surface area (Å²) in [4.78, 5) is 11.7. The van der Waals surface area contributed by atoms with Gasteiger partial charge in [-0.15, -0.1) is 0 Å². The van der Waals surface area contributed by atoms with E-state index in [9.17, 15) is 9.18 Å². The number of carbonyl (C=O) groups is 1. The first kappa shape index (κ1) is 18.5. The van der Waals surface area contributed by atoms with Crippen molar-refractivity contribution in [3.8, 4) is 0 Å². The number of ether oxygens (including phenoxy) is 1. The summed E-state index contributed by atoms with van der Waals surface area (Å²) < 4.78 is 19.7. The molecule has 2 fully saturated rings. The van der Waals surface area contributed by atoms with Gasteiger partial charge >= 0.3 is 5.97 Å². The smallest absolute Gasteiger partial charge is 0.337 e. The van der Waals surface area contributed by atoms with Crippen LogP contribution >= 0.6 is 0 Å². The van der Waals surface area contributed by atoms with Crippen molar-refractivity contribution in [2.24, 2.45) is 17.8 Å². The standard InChI is InChI=1S/C24H29FO2/c1-3-15-4-5-17-11-19(8-6-16(17)10-15)22-13-18-7-9-20(24(26)27-2)12-21(18)14-23(22)25/h7,9,12-17,19H,3-6,8,10-11H2,1-2H3/t15?,16-,17+,19?/m0/s1. The number of hydrogen-bond acceptors (Lipinski definition) is 2. The highest BCUT2D eigenvalue weighted by Gasteiger charge is 2.36. The topological polar surface area (TPSA) is 26.3 Å². The zero-order valence-electron chi connectivity index (χ0n) is 16.3. The fourth-order valence-electron chi connectivity index (χ4n) is 5.48. The first-order chi connectivity index (χ1) is 13.1. The average Bonchev–Trinajstić information content (AvgIpc) is 2.71. The SMILES string of the molecule is CCC1CC[C@@H]2CC(c3cc4ccc(C(=O)OC)cc4cc3F)CC[C@H]2C1. The molecule has 0 aliphatic heterocycles. The predicted molar refractivity (Wildman–Crippen MR) is 106 cm³/mol. The Labute approximate surface area is 161 Å². The molecule has 0 spiro atoms. The Morgan fingerprint density at radius 2 is 1.81 bits per heavy atom. The monoisotopic (exact) mass is 368 g/mol. The van der Waals surface area contributed by atoms with Gasteiger partial charge < -0.3 is 4.74 Å². The lowest BCUT2D eigenvalue weighted by Gasteiger charge is -2.42. The van der Waals surface area contributed by atoms with Crippen molar-refractivity contribution in [3.63, 3.8) is 0 Å². The minimum atomic E-state index is -0.387. The highest BCUT2D eigenvalue weighted by atomic mass is 19.1. The van der Waals surface area contributed by atoms with Gasteiger partial charge in [0, 0.05) is 0 Å². The lowest BCUT2D eigenvalue weighted by molar-refractivity contribution is 0.0601. The molecule has 4 rings (SSSR count). The van der Waals surface area contributed by atoms with Crippen LogP contribution in [0.25, 0.3) is 10.8 Å². The number of rotatable bonds is 3. The second kappa shape index (κ2) is 7.61. The van der Waals surface area contributed by atoms with E-state index in [2.05, 4.69) is 6.92 Å². The number of fused-ring (bicyclic) bond motifs is 2. The summed E-state index contributed by atoms with van der Waals surface area (Å²) in [6.07, 6.45) is 8.82. The van der Waals surface area contributed by atoms with Gasteiger partial charge in [-0.05, 0) is 96.4 Å². The molecule has 2 aliphatic carbocycles. The highest BCUT2D eigenvalue weighted by Crippen LogP contribution is 2.48. The number of halogens is 1. The van der Waals surface area contributed by atoms with E-state index in [0.717, 1.165) is 46.9 Å². The minimum absolute atomic E-state index is 0.129. The summed E-state index contributed by atoms with van der Waals surface area (Å²) in [6, 6.07) is 8.99. The van der Waals surface area contributed by atoms with Crippen LogP contribution in [0.15, 0.2) is 30.3 Å². The molecule has 2 aliphatic rings. The Kier molecular flexibility index (Phi) is 5.21. The molecule has 3 heteroatoms. The lowest BCUT2D eigenvalue weighted by atomic mass is 9.63. The molecule has 2 aromatic rings. The molecule has 0 radical (unpaired) electrons. The first-order valence-corrected chi connectivity index (χ1v) is 10.4. The van der Waals surface area contributed by atoms with Crippen LogP contribution in [0.1, 0.15) is 73.7 Å². The maximum absolute atomic E-state index is 14.9. The van der Waals surface area contributed by atoms with Gasteiger partial charge in [0.15, 0.2) is 0 Å². The number of carbonyl (C=O) groups excluding carboxylic acids is 1. The van der Waals surface area contributed by atoms with Crippen LogP contribution in [0.4, 0.5) is 4.39 Å². The van der Waals surface area contributed by atoms with E-state index in [0.29, 0.717) is 11.5 Å². The molecule has 0 saturated heterocycles. The average molecular weight is 368 g/mol. The molecule has 2 aromatic carbocycles. The largest absolute Gasteiger partial charge is 0.465 e. The quantitative estimate of drug-likeness (QED) is 0.580. The van der Waals surface area contributed by atoms with Crippen molar-refractivity contribution in [1.82, 2.24) is 0 Å². The number of methoxy groups -OCH3 is 1. The van der Waals surface area contributed by atoms with Gasteiger partial charge in [0.2, 0.25) is 0 Å². The van der Waals surface area contributed by atoms with Crippen LogP contribution in [0.2, 0.25) is 0 Å². The van der Waals surface area contributed by atoms with Gasteiger partial charge in [0.25, 0.3) is 0 Å². The summed E-state index contributed by atoms with van der Waals surface area (Å²) in [5, 5.41) is 1.76. The van der Waals surface area contributed by atoms with E-state index in [1.54, 1.807) is 18.2 Å². The van der Waals surface area contributed by atoms with Gasteiger partial charge in [-0.25, -0.2) is 9.18 Å². The van der Waals surface area contributed by atoms with Crippen LogP contribution in [-0.4, -0.2) is 13.1 Å². The molecule has 0 heterocycles. The lowest BCUT2D eigenvalue weighted by Crippen LogP contribution is -2.30. The fraction of sp³-hybridized carbons (Fsp3) is 0.542. The summed E-state index contributed by atoms with van der Waals surface area (Å²) in [5.41, 5.74) is 1.33. The summed E-state index contributed by atoms with van der Waals surface area (Å²) in [7, 11) is 1.36. The zero-order chi connectivity index (χ0) is 19.0. The molecule has 0 amide bonds. The van der Waals surface area contributed by atoms with E-state index in [-0.39, 0.29) is 11.8 Å². The molecule has 27 heavy (non-hydrogen) atoms. The molecule has 0 N–H and O–H groups in total. The molecule has 0 bridgehead atoms. The third-order valence-corrected chi connectivity index (χ3v) is 7.12. The van der Waals surface area contributed by atoms with Crippen LogP contribution in [-0.2, 0) is 4.74 Å². The maximum Gasteiger partial charge on any atom is 0.337 e. The van der Waals surface area contributed by atoms with Crippen molar-refractivity contribution in [1.29, 1.82) is 0 Å². The molecule has 2 nitrogen and oxygen atoms in total. The van der Waals surface area contributed by atoms with Gasteiger partial charge in [0.1, 0.15) is 5.82 Å². The summed E-state index contributed by atoms with van der Waals surface area (Å²) >= 11 is 0. The fourth-order valence-corrected chi connectivity index (χ4v) is 5.48. The first-order valence-electron chi connectivity index (χ1n) is 10.4. The van der Waals surface area contributed by atoms with Crippen molar-refractivity contribution in [2.75, 3.05) is 7.11 Å². The van der Waals surface area contributed by atoms with Crippen molar-refractivity contribution >= 4 is 16.7 Å². The van der Waals surface area contributed by atoms with Crippen molar-refractivity contribution in [3.05, 3.63) is 47.3 Å². The van der Waals surface area contributed by atoms with E-state index < -0.39 is 0 Å². The summed E-state index contributed by atoms with van der Waals surface area (Å²) in [6.45, 7) is 2.31. The number of benzene rings is 2. The zero-order valence-corrected chi connectivity index (χ0v) is 16.3. The van der Waals surface area contributed by atoms with Crippen molar-refractivity contribution < 1.29 is 13.9 Å². The van der Waals surface area contributed by atoms with Gasteiger partial charge in [-0.3, -0.25) is 0 Å². The number of esters is 1. The van der Waals surface area contributed by atoms with E-state index >= 15 is 0 Å². The highest BCUT2D eigenvalue weighted by molar-refractivity contribution is 5.95. The Bertz CT molecular complexity index is 844. The predicted octanol–water partition coefficient (Wildman–Crippen LogP) is 6.48. The summed E-state index contributed by atoms with van der Waals surface area (Å²) in [5.74, 6) is 2.34. The molecular formula is C24H29FO2. The molecule has 2 unspecified atom stereocenters. The molecule has 0 aromatic heterocycles. The maximum atomic E-state index is 14.9. The molecular weight excluding hydrogens is 339 g/mol. The Balaban J connectivity index is 1.57. The normalized spacial score (nSPS) is 28.0. The van der Waals surface area contributed by atoms with Crippen molar-refractivity contribution in [2.45, 2.75) is 57.8 Å². The second-order valence-corrected chi connectivity index (χ2v) is 8.54. The van der Waals surface area contributed by atoms with E-state index in [4.69, 9.17) is 4.74 Å². The third kappa shape index (κ3) is 3.61. The molecule has 2 saturated carbocycles. The Morgan fingerprint density at radius 3 is 2.59 bits per heavy atom. The van der Waals surface area contributed by atoms with Crippen LogP contribution in [0.5, 0.6) is 0 Å². The van der Waals surface area contributed by atoms with E-state index in [1.165, 1.54) is 39.2 Å². The second-order valence-electron chi connectivity index (χ2n) is 8.54. The van der Waals surface area contributed by atoms with Crippen LogP contribution < -0.4 is 0 Å². The van der Waals surface area contributed by atoms with Gasteiger partial charge in [0.05, 0.1) is 12.7 Å². The van der Waals surface area contributed by atoms with Gasteiger partial charge in [-0.2, -0.15) is 0 Å². The number of hydrogen-bond donors (Lipinski definition) is 0. The minimum Gasteiger partial charge on any atom is -0.465 e. The Morgan fingerprint density at radius 1 is 1.04 bits per heavy atom. The van der Waals surface area contributed by atoms with Crippen LogP contribution in [0, 0.1) is 23.6 Å². The molecule has 144 valence electrons. The van der Waals surface area contributed by atoms with Gasteiger partial charge in [-0.1, -0.05) is 25.8 Å². The van der Waals surface area contributed by atoms with E-state index in [1.807, 2.05) is 12.1 Å². The molecule has 4 atom stereocenters. The van der Waals surface area contributed by atoms with Crippen LogP contribution in [0.3, 0.4) is 0 Å². The Hall–Kier alpha value is -1.90.